The molecule has 26 heavy (non-hydrogen) atoms. The molecule has 0 aliphatic carbocycles. The van der Waals surface area contributed by atoms with Gasteiger partial charge >= 0.3 is 0 Å². The van der Waals surface area contributed by atoms with Crippen molar-refractivity contribution in [2.75, 3.05) is 28.2 Å². The van der Waals surface area contributed by atoms with Gasteiger partial charge in [-0.3, -0.25) is 0 Å². The average Bonchev–Trinajstić information content (AvgIpc) is 2.56. The summed E-state index contributed by atoms with van der Waals surface area (Å²) in [5.41, 5.74) is 5.96. The fourth-order valence-electron chi connectivity index (χ4n) is 2.98. The molecule has 0 atom stereocenters. The van der Waals surface area contributed by atoms with Gasteiger partial charge in [-0.25, -0.2) is 0 Å². The standard InChI is InChI=1S/C22H30N2O2/c1-15(17-7-9-19(13-23(3)4)21(25)11-17)16(2)18-8-10-20(14-24(5)6)22(26)12-18/h7-12,25-26H,13-14H2,1-6H3. The van der Waals surface area contributed by atoms with E-state index in [1.807, 2.05) is 88.2 Å². The molecule has 0 fully saturated rings. The van der Waals surface area contributed by atoms with Crippen LogP contribution < -0.4 is 0 Å². The van der Waals surface area contributed by atoms with Crippen molar-refractivity contribution >= 4 is 11.1 Å². The molecule has 0 amide bonds. The van der Waals surface area contributed by atoms with E-state index in [-0.39, 0.29) is 0 Å². The van der Waals surface area contributed by atoms with Crippen molar-refractivity contribution in [1.29, 1.82) is 0 Å². The van der Waals surface area contributed by atoms with E-state index in [9.17, 15) is 10.2 Å². The smallest absolute Gasteiger partial charge is 0.120 e. The first-order chi connectivity index (χ1) is 12.2. The molecule has 0 saturated heterocycles. The summed E-state index contributed by atoms with van der Waals surface area (Å²) in [5, 5.41) is 20.6. The number of phenols is 2. The minimum Gasteiger partial charge on any atom is -0.508 e. The zero-order valence-corrected chi connectivity index (χ0v) is 16.7. The lowest BCUT2D eigenvalue weighted by Crippen LogP contribution is -2.10. The fraction of sp³-hybridized carbons (Fsp3) is 0.364. The summed E-state index contributed by atoms with van der Waals surface area (Å²) in [6, 6.07) is 11.7. The van der Waals surface area contributed by atoms with Crippen LogP contribution in [0.4, 0.5) is 0 Å². The van der Waals surface area contributed by atoms with Crippen molar-refractivity contribution in [3.05, 3.63) is 58.7 Å². The molecule has 0 aliphatic heterocycles. The lowest BCUT2D eigenvalue weighted by Gasteiger charge is -2.15. The Labute approximate surface area is 157 Å². The van der Waals surface area contributed by atoms with Crippen molar-refractivity contribution in [3.8, 4) is 11.5 Å². The van der Waals surface area contributed by atoms with E-state index in [1.165, 1.54) is 0 Å². The van der Waals surface area contributed by atoms with Crippen LogP contribution in [0.5, 0.6) is 11.5 Å². The zero-order valence-electron chi connectivity index (χ0n) is 16.7. The number of hydrogen-bond donors (Lipinski definition) is 2. The maximum absolute atomic E-state index is 10.3. The monoisotopic (exact) mass is 354 g/mol. The summed E-state index contributed by atoms with van der Waals surface area (Å²) >= 11 is 0. The van der Waals surface area contributed by atoms with Crippen LogP contribution in [-0.4, -0.2) is 48.2 Å². The summed E-state index contributed by atoms with van der Waals surface area (Å²) in [6.45, 7) is 5.49. The molecule has 0 unspecified atom stereocenters. The second-order valence-electron chi connectivity index (χ2n) is 7.41. The highest BCUT2D eigenvalue weighted by Gasteiger charge is 2.10. The van der Waals surface area contributed by atoms with Crippen LogP contribution in [0, 0.1) is 0 Å². The van der Waals surface area contributed by atoms with Crippen molar-refractivity contribution in [3.63, 3.8) is 0 Å². The van der Waals surface area contributed by atoms with Crippen molar-refractivity contribution in [1.82, 2.24) is 9.80 Å². The summed E-state index contributed by atoms with van der Waals surface area (Å²) in [4.78, 5) is 4.06. The number of hydrogen-bond acceptors (Lipinski definition) is 4. The number of phenolic OH excluding ortho intramolecular Hbond substituents is 2. The first kappa shape index (κ1) is 20.0. The van der Waals surface area contributed by atoms with Crippen LogP contribution >= 0.6 is 0 Å². The number of nitrogens with zero attached hydrogens (tertiary/aromatic N) is 2. The predicted molar refractivity (Wildman–Crippen MR) is 109 cm³/mol. The molecule has 4 nitrogen and oxygen atoms in total. The van der Waals surface area contributed by atoms with Crippen molar-refractivity contribution in [2.24, 2.45) is 0 Å². The van der Waals surface area contributed by atoms with Crippen LogP contribution in [-0.2, 0) is 13.1 Å². The summed E-state index contributed by atoms with van der Waals surface area (Å²) in [5.74, 6) is 0.625. The minimum atomic E-state index is 0.313. The SMILES string of the molecule is CC(=C(C)c1ccc(CN(C)C)c(O)c1)c1ccc(CN(C)C)c(O)c1. The van der Waals surface area contributed by atoms with Crippen LogP contribution in [0.25, 0.3) is 11.1 Å². The van der Waals surface area contributed by atoms with Gasteiger partial charge in [-0.2, -0.15) is 0 Å². The molecule has 0 bridgehead atoms. The number of benzene rings is 2. The van der Waals surface area contributed by atoms with Crippen LogP contribution in [0.3, 0.4) is 0 Å². The van der Waals surface area contributed by atoms with E-state index in [0.717, 1.165) is 33.4 Å². The molecule has 2 rings (SSSR count). The largest absolute Gasteiger partial charge is 0.508 e. The second-order valence-corrected chi connectivity index (χ2v) is 7.41. The van der Waals surface area contributed by atoms with Gasteiger partial charge in [0.1, 0.15) is 11.5 Å². The van der Waals surface area contributed by atoms with Gasteiger partial charge in [-0.15, -0.1) is 0 Å². The van der Waals surface area contributed by atoms with E-state index in [0.29, 0.717) is 24.6 Å². The molecule has 0 saturated carbocycles. The van der Waals surface area contributed by atoms with Crippen molar-refractivity contribution < 1.29 is 10.2 Å². The van der Waals surface area contributed by atoms with E-state index < -0.39 is 0 Å². The molecule has 4 heteroatoms. The molecule has 140 valence electrons. The van der Waals surface area contributed by atoms with Gasteiger partial charge in [-0.1, -0.05) is 24.3 Å². The number of rotatable bonds is 6. The Morgan fingerprint density at radius 3 is 1.31 bits per heavy atom. The van der Waals surface area contributed by atoms with Crippen LogP contribution in [0.1, 0.15) is 36.1 Å². The Kier molecular flexibility index (Phi) is 6.46. The summed E-state index contributed by atoms with van der Waals surface area (Å²) < 4.78 is 0. The Morgan fingerprint density at radius 2 is 1.04 bits per heavy atom. The van der Waals surface area contributed by atoms with E-state index >= 15 is 0 Å². The Morgan fingerprint density at radius 1 is 0.692 bits per heavy atom. The maximum atomic E-state index is 10.3. The lowest BCUT2D eigenvalue weighted by atomic mass is 9.95. The molecule has 2 N–H and O–H groups in total. The van der Waals surface area contributed by atoms with Gasteiger partial charge in [0.2, 0.25) is 0 Å². The molecule has 0 aromatic heterocycles. The van der Waals surface area contributed by atoms with Gasteiger partial charge in [-0.05, 0) is 76.4 Å². The van der Waals surface area contributed by atoms with Gasteiger partial charge in [0.25, 0.3) is 0 Å². The molecule has 0 aliphatic rings. The third-order valence-corrected chi connectivity index (χ3v) is 4.57. The van der Waals surface area contributed by atoms with E-state index in [4.69, 9.17) is 0 Å². The Bertz CT molecular complexity index is 740. The number of allylic oxidation sites excluding steroid dienone is 2. The van der Waals surface area contributed by atoms with E-state index in [1.54, 1.807) is 0 Å². The van der Waals surface area contributed by atoms with Gasteiger partial charge < -0.3 is 20.0 Å². The Balaban J connectivity index is 2.34. The third kappa shape index (κ3) is 4.87. The lowest BCUT2D eigenvalue weighted by molar-refractivity contribution is 0.386. The Hall–Kier alpha value is -2.30. The number of aromatic hydroxyl groups is 2. The summed E-state index contributed by atoms with van der Waals surface area (Å²) in [7, 11) is 7.92. The quantitative estimate of drug-likeness (QED) is 0.764. The molecule has 2 aromatic rings. The zero-order chi connectivity index (χ0) is 19.4. The fourth-order valence-corrected chi connectivity index (χ4v) is 2.98. The average molecular weight is 354 g/mol. The molecule has 0 heterocycles. The molecule has 2 aromatic carbocycles. The highest BCUT2D eigenvalue weighted by molar-refractivity contribution is 5.89. The molecular formula is C22H30N2O2. The van der Waals surface area contributed by atoms with E-state index in [2.05, 4.69) is 0 Å². The summed E-state index contributed by atoms with van der Waals surface area (Å²) in [6.07, 6.45) is 0. The van der Waals surface area contributed by atoms with Gasteiger partial charge in [0, 0.05) is 24.2 Å². The minimum absolute atomic E-state index is 0.313. The van der Waals surface area contributed by atoms with Gasteiger partial charge in [0.15, 0.2) is 0 Å². The normalized spacial score (nSPS) is 12.6. The first-order valence-corrected chi connectivity index (χ1v) is 8.80. The van der Waals surface area contributed by atoms with Crippen LogP contribution in [0.2, 0.25) is 0 Å². The molecule has 0 radical (unpaired) electrons. The molecular weight excluding hydrogens is 324 g/mol. The maximum Gasteiger partial charge on any atom is 0.120 e. The van der Waals surface area contributed by atoms with Crippen molar-refractivity contribution in [2.45, 2.75) is 26.9 Å². The highest BCUT2D eigenvalue weighted by atomic mass is 16.3. The van der Waals surface area contributed by atoms with Gasteiger partial charge in [0.05, 0.1) is 0 Å². The second kappa shape index (κ2) is 8.39. The molecule has 0 spiro atoms. The highest BCUT2D eigenvalue weighted by Crippen LogP contribution is 2.31. The topological polar surface area (TPSA) is 46.9 Å². The predicted octanol–water partition coefficient (Wildman–Crippen LogP) is 4.17. The van der Waals surface area contributed by atoms with Crippen LogP contribution in [0.15, 0.2) is 36.4 Å². The first-order valence-electron chi connectivity index (χ1n) is 8.80. The third-order valence-electron chi connectivity index (χ3n) is 4.57.